The highest BCUT2D eigenvalue weighted by atomic mass is 35.5. The van der Waals surface area contributed by atoms with Crippen molar-refractivity contribution in [3.63, 3.8) is 0 Å². The highest BCUT2D eigenvalue weighted by Crippen LogP contribution is 2.41. The van der Waals surface area contributed by atoms with Crippen molar-refractivity contribution in [3.8, 4) is 5.75 Å². The van der Waals surface area contributed by atoms with Crippen LogP contribution in [0.25, 0.3) is 5.76 Å². The average Bonchev–Trinajstić information content (AvgIpc) is 3.38. The number of benzene rings is 2. The minimum absolute atomic E-state index is 0.000427. The zero-order valence-electron chi connectivity index (χ0n) is 17.0. The summed E-state index contributed by atoms with van der Waals surface area (Å²) in [7, 11) is 0. The normalized spacial score (nSPS) is 17.7. The predicted octanol–water partition coefficient (Wildman–Crippen LogP) is 5.09. The van der Waals surface area contributed by atoms with Crippen LogP contribution in [0.5, 0.6) is 5.75 Å². The van der Waals surface area contributed by atoms with Crippen molar-refractivity contribution in [2.45, 2.75) is 19.5 Å². The third kappa shape index (κ3) is 3.99. The SMILES string of the molecule is CCOc1ccc(C(O)=C2C(=O)C(=O)N(Cc3ccco3)C2c2ccc(F)cc2)cc1Cl. The largest absolute Gasteiger partial charge is 0.507 e. The van der Waals surface area contributed by atoms with E-state index in [0.29, 0.717) is 23.7 Å². The van der Waals surface area contributed by atoms with Gasteiger partial charge in [0.15, 0.2) is 0 Å². The summed E-state index contributed by atoms with van der Waals surface area (Å²) in [6.07, 6.45) is 1.46. The molecule has 2 aromatic carbocycles. The van der Waals surface area contributed by atoms with Crippen molar-refractivity contribution in [3.05, 3.63) is 94.2 Å². The molecule has 1 saturated heterocycles. The van der Waals surface area contributed by atoms with Gasteiger partial charge in [-0.3, -0.25) is 9.59 Å². The monoisotopic (exact) mass is 455 g/mol. The highest BCUT2D eigenvalue weighted by molar-refractivity contribution is 6.46. The van der Waals surface area contributed by atoms with Crippen molar-refractivity contribution < 1.29 is 28.2 Å². The van der Waals surface area contributed by atoms with Crippen molar-refractivity contribution in [2.24, 2.45) is 0 Å². The van der Waals surface area contributed by atoms with E-state index in [0.717, 1.165) is 0 Å². The molecular weight excluding hydrogens is 437 g/mol. The molecule has 32 heavy (non-hydrogen) atoms. The fraction of sp³-hybridized carbons (Fsp3) is 0.167. The van der Waals surface area contributed by atoms with Crippen LogP contribution >= 0.6 is 11.6 Å². The molecule has 1 atom stereocenters. The number of Topliss-reactive ketones (excluding diaryl/α,β-unsaturated/α-hetero) is 1. The van der Waals surface area contributed by atoms with Crippen LogP contribution in [0.3, 0.4) is 0 Å². The molecule has 6 nitrogen and oxygen atoms in total. The Morgan fingerprint density at radius 1 is 1.19 bits per heavy atom. The Hall–Kier alpha value is -3.58. The standard InChI is InChI=1S/C24H19ClFNO5/c1-2-31-19-10-7-15(12-18(19)25)22(28)20-21(14-5-8-16(26)9-6-14)27(24(30)23(20)29)13-17-4-3-11-32-17/h3-12,21,28H,2,13H2,1H3. The van der Waals surface area contributed by atoms with E-state index in [1.54, 1.807) is 24.3 Å². The summed E-state index contributed by atoms with van der Waals surface area (Å²) in [5.74, 6) is -1.61. The van der Waals surface area contributed by atoms with Gasteiger partial charge in [0.05, 0.1) is 36.1 Å². The second-order valence-corrected chi connectivity index (χ2v) is 7.54. The quantitative estimate of drug-likeness (QED) is 0.318. The van der Waals surface area contributed by atoms with Crippen molar-refractivity contribution in [1.29, 1.82) is 0 Å². The third-order valence-electron chi connectivity index (χ3n) is 5.14. The van der Waals surface area contributed by atoms with Gasteiger partial charge in [-0.15, -0.1) is 0 Å². The lowest BCUT2D eigenvalue weighted by atomic mass is 9.95. The zero-order valence-corrected chi connectivity index (χ0v) is 17.8. The highest BCUT2D eigenvalue weighted by Gasteiger charge is 2.46. The Balaban J connectivity index is 1.84. The second kappa shape index (κ2) is 8.88. The molecule has 164 valence electrons. The number of aliphatic hydroxyl groups is 1. The van der Waals surface area contributed by atoms with Crippen LogP contribution in [0.2, 0.25) is 5.02 Å². The molecule has 1 amide bonds. The Morgan fingerprint density at radius 2 is 1.94 bits per heavy atom. The number of furan rings is 1. The van der Waals surface area contributed by atoms with Gasteiger partial charge in [0, 0.05) is 5.56 Å². The summed E-state index contributed by atoms with van der Waals surface area (Å²) < 4.78 is 24.3. The van der Waals surface area contributed by atoms with Crippen LogP contribution < -0.4 is 4.74 Å². The van der Waals surface area contributed by atoms with Gasteiger partial charge in [-0.2, -0.15) is 0 Å². The maximum Gasteiger partial charge on any atom is 0.296 e. The maximum absolute atomic E-state index is 13.5. The van der Waals surface area contributed by atoms with Gasteiger partial charge in [0.25, 0.3) is 11.7 Å². The van der Waals surface area contributed by atoms with E-state index >= 15 is 0 Å². The number of hydrogen-bond acceptors (Lipinski definition) is 5. The van der Waals surface area contributed by atoms with Crippen molar-refractivity contribution >= 4 is 29.1 Å². The van der Waals surface area contributed by atoms with E-state index in [-0.39, 0.29) is 28.5 Å². The average molecular weight is 456 g/mol. The fourth-order valence-corrected chi connectivity index (χ4v) is 3.92. The Morgan fingerprint density at radius 3 is 2.56 bits per heavy atom. The molecule has 0 aliphatic carbocycles. The lowest BCUT2D eigenvalue weighted by molar-refractivity contribution is -0.140. The minimum Gasteiger partial charge on any atom is -0.507 e. The molecule has 8 heteroatoms. The number of aliphatic hydroxyl groups excluding tert-OH is 1. The Kier molecular flexibility index (Phi) is 6.01. The number of amides is 1. The number of hydrogen-bond donors (Lipinski definition) is 1. The number of rotatable bonds is 6. The molecule has 0 bridgehead atoms. The van der Waals surface area contributed by atoms with Gasteiger partial charge in [-0.25, -0.2) is 4.39 Å². The van der Waals surface area contributed by atoms with E-state index in [9.17, 15) is 19.1 Å². The third-order valence-corrected chi connectivity index (χ3v) is 5.43. The van der Waals surface area contributed by atoms with Gasteiger partial charge < -0.3 is 19.2 Å². The van der Waals surface area contributed by atoms with E-state index in [4.69, 9.17) is 20.8 Å². The number of carbonyl (C=O) groups excluding carboxylic acids is 2. The van der Waals surface area contributed by atoms with E-state index < -0.39 is 23.5 Å². The molecule has 1 fully saturated rings. The lowest BCUT2D eigenvalue weighted by Crippen LogP contribution is -2.29. The van der Waals surface area contributed by atoms with Gasteiger partial charge in [0.2, 0.25) is 0 Å². The summed E-state index contributed by atoms with van der Waals surface area (Å²) in [5, 5.41) is 11.3. The molecule has 1 aromatic heterocycles. The maximum atomic E-state index is 13.5. The van der Waals surface area contributed by atoms with Crippen LogP contribution in [0, 0.1) is 5.82 Å². The lowest BCUT2D eigenvalue weighted by Gasteiger charge is -2.24. The summed E-state index contributed by atoms with van der Waals surface area (Å²) in [6, 6.07) is 12.4. The van der Waals surface area contributed by atoms with Crippen molar-refractivity contribution in [1.82, 2.24) is 4.90 Å². The minimum atomic E-state index is -0.939. The van der Waals surface area contributed by atoms with E-state index in [2.05, 4.69) is 0 Å². The number of carbonyl (C=O) groups is 2. The summed E-state index contributed by atoms with van der Waals surface area (Å²) in [4.78, 5) is 27.2. The molecule has 0 radical (unpaired) electrons. The smallest absolute Gasteiger partial charge is 0.296 e. The first-order valence-corrected chi connectivity index (χ1v) is 10.3. The first-order chi connectivity index (χ1) is 15.4. The molecular formula is C24H19ClFNO5. The summed E-state index contributed by atoms with van der Waals surface area (Å²) in [6.45, 7) is 2.22. The number of ketones is 1. The van der Waals surface area contributed by atoms with Crippen LogP contribution in [0.4, 0.5) is 4.39 Å². The number of nitrogens with zero attached hydrogens (tertiary/aromatic N) is 1. The molecule has 4 rings (SSSR count). The second-order valence-electron chi connectivity index (χ2n) is 7.14. The van der Waals surface area contributed by atoms with E-state index in [1.165, 1.54) is 41.5 Å². The zero-order chi connectivity index (χ0) is 22.8. The Labute approximate surface area is 188 Å². The number of halogens is 2. The molecule has 0 saturated carbocycles. The molecule has 2 heterocycles. The first-order valence-electron chi connectivity index (χ1n) is 9.89. The van der Waals surface area contributed by atoms with E-state index in [1.807, 2.05) is 6.92 Å². The van der Waals surface area contributed by atoms with Gasteiger partial charge in [0.1, 0.15) is 23.1 Å². The van der Waals surface area contributed by atoms with Gasteiger partial charge >= 0.3 is 0 Å². The van der Waals surface area contributed by atoms with Gasteiger partial charge in [-0.1, -0.05) is 23.7 Å². The predicted molar refractivity (Wildman–Crippen MR) is 116 cm³/mol. The summed E-state index contributed by atoms with van der Waals surface area (Å²) in [5.41, 5.74) is 0.602. The molecule has 0 spiro atoms. The fourth-order valence-electron chi connectivity index (χ4n) is 3.68. The Bertz CT molecular complexity index is 1190. The van der Waals surface area contributed by atoms with Crippen molar-refractivity contribution in [2.75, 3.05) is 6.61 Å². The molecule has 1 N–H and O–H groups in total. The van der Waals surface area contributed by atoms with Crippen LogP contribution in [-0.4, -0.2) is 28.3 Å². The van der Waals surface area contributed by atoms with Gasteiger partial charge in [-0.05, 0) is 55.0 Å². The van der Waals surface area contributed by atoms with Crippen LogP contribution in [-0.2, 0) is 16.1 Å². The molecule has 3 aromatic rings. The molecule has 1 unspecified atom stereocenters. The molecule has 1 aliphatic rings. The number of ether oxygens (including phenoxy) is 1. The summed E-state index contributed by atoms with van der Waals surface area (Å²) >= 11 is 6.24. The number of likely N-dealkylation sites (tertiary alicyclic amines) is 1. The first kappa shape index (κ1) is 21.6. The van der Waals surface area contributed by atoms with Crippen LogP contribution in [0.1, 0.15) is 29.9 Å². The molecule has 1 aliphatic heterocycles. The van der Waals surface area contributed by atoms with Crippen LogP contribution in [0.15, 0.2) is 70.9 Å². The topological polar surface area (TPSA) is 80.0 Å².